The summed E-state index contributed by atoms with van der Waals surface area (Å²) in [5, 5.41) is 6.96. The number of rotatable bonds is 7. The number of nitrogens with zero attached hydrogens (tertiary/aromatic N) is 4. The fourth-order valence-corrected chi connectivity index (χ4v) is 4.10. The number of aliphatic imine (C=N–C) groups is 1. The van der Waals surface area contributed by atoms with Gasteiger partial charge in [-0.15, -0.1) is 24.0 Å². The third kappa shape index (κ3) is 7.27. The summed E-state index contributed by atoms with van der Waals surface area (Å²) in [7, 11) is 0. The molecule has 0 saturated carbocycles. The van der Waals surface area contributed by atoms with Crippen LogP contribution < -0.4 is 15.5 Å². The number of hydrogen-bond acceptors (Lipinski definition) is 4. The van der Waals surface area contributed by atoms with Gasteiger partial charge in [0.25, 0.3) is 0 Å². The van der Waals surface area contributed by atoms with Crippen molar-refractivity contribution < 1.29 is 0 Å². The average Bonchev–Trinajstić information content (AvgIpc) is 3.26. The van der Waals surface area contributed by atoms with Gasteiger partial charge in [-0.2, -0.15) is 0 Å². The number of piperidine rings is 1. The molecule has 6 nitrogen and oxygen atoms in total. The number of hydrogen-bond donors (Lipinski definition) is 2. The first-order chi connectivity index (χ1) is 13.6. The summed E-state index contributed by atoms with van der Waals surface area (Å²) in [5.41, 5.74) is 1.35. The van der Waals surface area contributed by atoms with Crippen LogP contribution >= 0.6 is 24.0 Å². The minimum atomic E-state index is 0. The molecule has 0 aliphatic carbocycles. The molecule has 2 N–H and O–H groups in total. The third-order valence-corrected chi connectivity index (χ3v) is 5.90. The number of pyridine rings is 1. The van der Waals surface area contributed by atoms with Crippen molar-refractivity contribution in [2.75, 3.05) is 44.2 Å². The van der Waals surface area contributed by atoms with Gasteiger partial charge in [-0.1, -0.05) is 6.42 Å². The van der Waals surface area contributed by atoms with Crippen LogP contribution in [0.3, 0.4) is 0 Å². The Bertz CT molecular complexity index is 636. The van der Waals surface area contributed by atoms with E-state index in [0.29, 0.717) is 6.54 Å². The van der Waals surface area contributed by atoms with E-state index >= 15 is 0 Å². The smallest absolute Gasteiger partial charge is 0.191 e. The van der Waals surface area contributed by atoms with E-state index in [-0.39, 0.29) is 29.5 Å². The summed E-state index contributed by atoms with van der Waals surface area (Å²) in [6.07, 6.45) is 8.46. The molecule has 2 fully saturated rings. The van der Waals surface area contributed by atoms with Crippen molar-refractivity contribution in [3.63, 3.8) is 0 Å². The number of nitrogens with one attached hydrogen (secondary N) is 2. The normalized spacial score (nSPS) is 18.4. The zero-order valence-electron chi connectivity index (χ0n) is 18.4. The predicted molar refractivity (Wildman–Crippen MR) is 133 cm³/mol. The fourth-order valence-electron chi connectivity index (χ4n) is 4.10. The Kier molecular flexibility index (Phi) is 9.95. The van der Waals surface area contributed by atoms with E-state index in [2.05, 4.69) is 58.3 Å². The molecule has 0 amide bonds. The molecule has 0 radical (unpaired) electrons. The van der Waals surface area contributed by atoms with Gasteiger partial charge in [0.2, 0.25) is 0 Å². The van der Waals surface area contributed by atoms with Gasteiger partial charge in [0.15, 0.2) is 5.96 Å². The quantitative estimate of drug-likeness (QED) is 0.331. The maximum Gasteiger partial charge on any atom is 0.191 e. The van der Waals surface area contributed by atoms with Gasteiger partial charge in [0.1, 0.15) is 5.82 Å². The first-order valence-corrected chi connectivity index (χ1v) is 11.1. The molecule has 0 atom stereocenters. The highest BCUT2D eigenvalue weighted by Crippen LogP contribution is 2.20. The predicted octanol–water partition coefficient (Wildman–Crippen LogP) is 3.62. The SMILES string of the molecule is CCNC(=NCc1ccnc(N2CCCC2)c1)NCC(C)(C)N1CCCCC1.I. The van der Waals surface area contributed by atoms with E-state index in [4.69, 9.17) is 4.99 Å². The van der Waals surface area contributed by atoms with Gasteiger partial charge >= 0.3 is 0 Å². The Hall–Kier alpha value is -1.09. The molecule has 2 saturated heterocycles. The number of likely N-dealkylation sites (tertiary alicyclic amines) is 1. The summed E-state index contributed by atoms with van der Waals surface area (Å²) >= 11 is 0. The summed E-state index contributed by atoms with van der Waals surface area (Å²) < 4.78 is 0. The van der Waals surface area contributed by atoms with Crippen LogP contribution in [0.1, 0.15) is 58.4 Å². The Balaban J connectivity index is 0.00000300. The molecule has 164 valence electrons. The lowest BCUT2D eigenvalue weighted by atomic mass is 9.98. The second-order valence-electron chi connectivity index (χ2n) is 8.63. The van der Waals surface area contributed by atoms with Crippen LogP contribution in [0, 0.1) is 0 Å². The van der Waals surface area contributed by atoms with Crippen molar-refractivity contribution in [2.24, 2.45) is 4.99 Å². The summed E-state index contributed by atoms with van der Waals surface area (Å²) in [6.45, 7) is 13.9. The van der Waals surface area contributed by atoms with Crippen molar-refractivity contribution in [3.05, 3.63) is 23.9 Å². The van der Waals surface area contributed by atoms with E-state index in [1.165, 1.54) is 50.8 Å². The van der Waals surface area contributed by atoms with Gasteiger partial charge in [0.05, 0.1) is 6.54 Å². The van der Waals surface area contributed by atoms with Crippen LogP contribution in [0.25, 0.3) is 0 Å². The summed E-state index contributed by atoms with van der Waals surface area (Å²) in [4.78, 5) is 14.4. The summed E-state index contributed by atoms with van der Waals surface area (Å²) in [5.74, 6) is 1.99. The number of guanidine groups is 1. The highest BCUT2D eigenvalue weighted by molar-refractivity contribution is 14.0. The van der Waals surface area contributed by atoms with E-state index < -0.39 is 0 Å². The molecule has 3 heterocycles. The van der Waals surface area contributed by atoms with Gasteiger partial charge in [0, 0.05) is 37.9 Å². The molecule has 1 aromatic rings. The molecule has 0 bridgehead atoms. The van der Waals surface area contributed by atoms with Gasteiger partial charge in [-0.3, -0.25) is 4.90 Å². The molecular weight excluding hydrogens is 475 g/mol. The van der Waals surface area contributed by atoms with Crippen molar-refractivity contribution in [2.45, 2.75) is 65.0 Å². The zero-order chi connectivity index (χ0) is 19.8. The molecule has 1 aromatic heterocycles. The molecule has 2 aliphatic heterocycles. The highest BCUT2D eigenvalue weighted by atomic mass is 127. The second kappa shape index (κ2) is 11.9. The van der Waals surface area contributed by atoms with Crippen LogP contribution in [0.2, 0.25) is 0 Å². The molecule has 3 rings (SSSR count). The minimum Gasteiger partial charge on any atom is -0.357 e. The molecule has 0 spiro atoms. The minimum absolute atomic E-state index is 0. The Morgan fingerprint density at radius 3 is 2.45 bits per heavy atom. The summed E-state index contributed by atoms with van der Waals surface area (Å²) in [6, 6.07) is 4.26. The monoisotopic (exact) mass is 514 g/mol. The zero-order valence-corrected chi connectivity index (χ0v) is 20.7. The topological polar surface area (TPSA) is 55.8 Å². The molecule has 29 heavy (non-hydrogen) atoms. The number of aromatic nitrogens is 1. The van der Waals surface area contributed by atoms with Gasteiger partial charge < -0.3 is 15.5 Å². The fraction of sp³-hybridized carbons (Fsp3) is 0.727. The van der Waals surface area contributed by atoms with Crippen molar-refractivity contribution in [1.29, 1.82) is 0 Å². The van der Waals surface area contributed by atoms with Crippen molar-refractivity contribution in [3.8, 4) is 0 Å². The molecule has 2 aliphatic rings. The van der Waals surface area contributed by atoms with Gasteiger partial charge in [-0.25, -0.2) is 9.98 Å². The third-order valence-electron chi connectivity index (χ3n) is 5.90. The van der Waals surface area contributed by atoms with Crippen LogP contribution in [-0.2, 0) is 6.54 Å². The van der Waals surface area contributed by atoms with Crippen molar-refractivity contribution >= 4 is 35.8 Å². The first kappa shape index (κ1) is 24.2. The van der Waals surface area contributed by atoms with E-state index in [9.17, 15) is 0 Å². The molecular formula is C22H39IN6. The van der Waals surface area contributed by atoms with Crippen LogP contribution in [-0.4, -0.2) is 60.7 Å². The number of anilines is 1. The maximum absolute atomic E-state index is 4.83. The van der Waals surface area contributed by atoms with Crippen LogP contribution in [0.5, 0.6) is 0 Å². The lowest BCUT2D eigenvalue weighted by Crippen LogP contribution is -2.54. The van der Waals surface area contributed by atoms with E-state index in [0.717, 1.165) is 38.0 Å². The molecule has 0 unspecified atom stereocenters. The van der Waals surface area contributed by atoms with Crippen LogP contribution in [0.4, 0.5) is 5.82 Å². The second-order valence-corrected chi connectivity index (χ2v) is 8.63. The lowest BCUT2D eigenvalue weighted by molar-refractivity contribution is 0.0982. The Morgan fingerprint density at radius 1 is 1.07 bits per heavy atom. The van der Waals surface area contributed by atoms with E-state index in [1.54, 1.807) is 0 Å². The Morgan fingerprint density at radius 2 is 1.76 bits per heavy atom. The highest BCUT2D eigenvalue weighted by Gasteiger charge is 2.27. The Labute approximate surface area is 194 Å². The average molecular weight is 515 g/mol. The standard InChI is InChI=1S/C22H38N6.HI/c1-4-23-21(26-18-22(2,3)28-14-6-5-7-15-28)25-17-19-10-11-24-20(16-19)27-12-8-9-13-27;/h10-11,16H,4-9,12-15,17-18H2,1-3H3,(H2,23,25,26);1H. The van der Waals surface area contributed by atoms with Gasteiger partial charge in [-0.05, 0) is 77.2 Å². The maximum atomic E-state index is 4.83. The molecule has 0 aromatic carbocycles. The van der Waals surface area contributed by atoms with Crippen LogP contribution in [0.15, 0.2) is 23.3 Å². The van der Waals surface area contributed by atoms with E-state index in [1.807, 2.05) is 6.20 Å². The molecule has 7 heteroatoms. The first-order valence-electron chi connectivity index (χ1n) is 11.1. The van der Waals surface area contributed by atoms with Crippen molar-refractivity contribution in [1.82, 2.24) is 20.5 Å². The lowest BCUT2D eigenvalue weighted by Gasteiger charge is -2.41. The number of halogens is 1. The largest absolute Gasteiger partial charge is 0.357 e.